The molecule has 5 nitrogen and oxygen atoms in total. The van der Waals surface area contributed by atoms with Crippen molar-refractivity contribution in [3.05, 3.63) is 24.3 Å². The maximum Gasteiger partial charge on any atom is 0.407 e. The van der Waals surface area contributed by atoms with Gasteiger partial charge in [0.15, 0.2) is 0 Å². The Morgan fingerprint density at radius 2 is 1.85 bits per heavy atom. The van der Waals surface area contributed by atoms with Gasteiger partial charge in [0, 0.05) is 6.07 Å². The molecule has 1 aliphatic carbocycles. The molecule has 6 heteroatoms. The summed E-state index contributed by atoms with van der Waals surface area (Å²) in [5.41, 5.74) is -0.502. The molecule has 0 radical (unpaired) electrons. The van der Waals surface area contributed by atoms with Crippen molar-refractivity contribution in [2.45, 2.75) is 71.5 Å². The van der Waals surface area contributed by atoms with E-state index in [9.17, 15) is 4.79 Å². The van der Waals surface area contributed by atoms with Crippen LogP contribution in [0.4, 0.5) is 4.79 Å². The molecule has 1 aromatic carbocycles. The molecule has 27 heavy (non-hydrogen) atoms. The van der Waals surface area contributed by atoms with Crippen molar-refractivity contribution < 1.29 is 19.0 Å². The number of hydrogen-bond donors (Lipinski definition) is 1. The minimum absolute atomic E-state index is 0. The fraction of sp³-hybridized carbons (Fsp3) is 0.667. The van der Waals surface area contributed by atoms with E-state index in [0.717, 1.165) is 18.1 Å². The molecular formula is C21H34ClNO4. The Labute approximate surface area is 169 Å². The Balaban J connectivity index is 0.00000364. The maximum absolute atomic E-state index is 11.7. The molecule has 1 aliphatic rings. The van der Waals surface area contributed by atoms with E-state index in [0.29, 0.717) is 12.5 Å². The van der Waals surface area contributed by atoms with E-state index in [1.54, 1.807) is 0 Å². The highest BCUT2D eigenvalue weighted by atomic mass is 35.5. The van der Waals surface area contributed by atoms with Crippen LogP contribution in [0.5, 0.6) is 11.5 Å². The summed E-state index contributed by atoms with van der Waals surface area (Å²) in [7, 11) is 0. The summed E-state index contributed by atoms with van der Waals surface area (Å²) in [5.74, 6) is 2.25. The topological polar surface area (TPSA) is 56.8 Å². The van der Waals surface area contributed by atoms with Crippen LogP contribution in [0.2, 0.25) is 0 Å². The first-order chi connectivity index (χ1) is 12.3. The molecule has 1 fully saturated rings. The van der Waals surface area contributed by atoms with Gasteiger partial charge in [-0.2, -0.15) is 0 Å². The lowest BCUT2D eigenvalue weighted by Crippen LogP contribution is -2.37. The van der Waals surface area contributed by atoms with Gasteiger partial charge in [-0.05, 0) is 58.6 Å². The number of carbonyl (C=O) groups excluding carboxylic acids is 1. The third kappa shape index (κ3) is 9.76. The monoisotopic (exact) mass is 399 g/mol. The molecule has 1 amide bonds. The Kier molecular flexibility index (Phi) is 9.78. The van der Waals surface area contributed by atoms with Gasteiger partial charge in [0.1, 0.15) is 23.2 Å². The van der Waals surface area contributed by atoms with E-state index >= 15 is 0 Å². The van der Waals surface area contributed by atoms with Crippen LogP contribution in [0, 0.1) is 5.92 Å². The third-order valence-electron chi connectivity index (χ3n) is 4.29. The summed E-state index contributed by atoms with van der Waals surface area (Å²) in [5, 5.41) is 2.72. The Bertz CT molecular complexity index is 568. The molecule has 154 valence electrons. The number of alkyl carbamates (subject to hydrolysis) is 1. The van der Waals surface area contributed by atoms with Crippen molar-refractivity contribution in [1.82, 2.24) is 5.32 Å². The van der Waals surface area contributed by atoms with Crippen LogP contribution >= 0.6 is 12.4 Å². The molecule has 0 aliphatic heterocycles. The van der Waals surface area contributed by atoms with E-state index in [-0.39, 0.29) is 18.5 Å². The van der Waals surface area contributed by atoms with Gasteiger partial charge in [0.2, 0.25) is 0 Å². The van der Waals surface area contributed by atoms with Crippen LogP contribution < -0.4 is 14.8 Å². The lowest BCUT2D eigenvalue weighted by Gasteiger charge is -2.22. The number of ether oxygens (including phenoxy) is 3. The molecule has 0 heterocycles. The summed E-state index contributed by atoms with van der Waals surface area (Å²) in [6, 6.07) is 7.70. The standard InChI is InChI=1S/C21H33NO4.ClH/c1-16(14-22-20(23)26-21(2,3)4)25-19-12-8-11-18(13-19)24-15-17-9-6-5-7-10-17;/h8,11-13,16-17H,5-7,9-10,14-15H2,1-4H3,(H,22,23);1H/t16-;/m1./s1. The van der Waals surface area contributed by atoms with Crippen LogP contribution in [0.3, 0.4) is 0 Å². The smallest absolute Gasteiger partial charge is 0.407 e. The summed E-state index contributed by atoms with van der Waals surface area (Å²) in [4.78, 5) is 11.7. The number of hydrogen-bond acceptors (Lipinski definition) is 4. The Morgan fingerprint density at radius 1 is 1.19 bits per heavy atom. The van der Waals surface area contributed by atoms with E-state index in [4.69, 9.17) is 14.2 Å². The van der Waals surface area contributed by atoms with Crippen molar-refractivity contribution in [3.63, 3.8) is 0 Å². The van der Waals surface area contributed by atoms with Crippen molar-refractivity contribution >= 4 is 18.5 Å². The predicted octanol–water partition coefficient (Wildman–Crippen LogP) is 5.36. The molecule has 0 unspecified atom stereocenters. The van der Waals surface area contributed by atoms with E-state index in [1.165, 1.54) is 32.1 Å². The van der Waals surface area contributed by atoms with Crippen LogP contribution in [-0.2, 0) is 4.74 Å². The second-order valence-corrected chi connectivity index (χ2v) is 8.10. The van der Waals surface area contributed by atoms with Crippen LogP contribution in [0.1, 0.15) is 59.8 Å². The van der Waals surface area contributed by atoms with Crippen LogP contribution in [-0.4, -0.2) is 30.9 Å². The number of amides is 1. The number of benzene rings is 1. The van der Waals surface area contributed by atoms with Crippen LogP contribution in [0.25, 0.3) is 0 Å². The zero-order valence-electron chi connectivity index (χ0n) is 17.0. The zero-order valence-corrected chi connectivity index (χ0v) is 17.8. The highest BCUT2D eigenvalue weighted by Crippen LogP contribution is 2.26. The summed E-state index contributed by atoms with van der Waals surface area (Å²) >= 11 is 0. The number of carbonyl (C=O) groups is 1. The average Bonchev–Trinajstić information content (AvgIpc) is 2.58. The highest BCUT2D eigenvalue weighted by molar-refractivity contribution is 5.85. The summed E-state index contributed by atoms with van der Waals surface area (Å²) in [6.45, 7) is 8.58. The quantitative estimate of drug-likeness (QED) is 0.670. The number of nitrogens with one attached hydrogen (secondary N) is 1. The molecule has 1 atom stereocenters. The first-order valence-electron chi connectivity index (χ1n) is 9.68. The molecule has 0 saturated heterocycles. The number of halogens is 1. The van der Waals surface area contributed by atoms with Gasteiger partial charge in [-0.1, -0.05) is 25.3 Å². The van der Waals surface area contributed by atoms with Gasteiger partial charge in [-0.3, -0.25) is 0 Å². The van der Waals surface area contributed by atoms with E-state index < -0.39 is 11.7 Å². The van der Waals surface area contributed by atoms with E-state index in [1.807, 2.05) is 52.0 Å². The van der Waals surface area contributed by atoms with Gasteiger partial charge in [0.05, 0.1) is 13.2 Å². The van der Waals surface area contributed by atoms with Crippen molar-refractivity contribution in [2.24, 2.45) is 5.92 Å². The van der Waals surface area contributed by atoms with Crippen molar-refractivity contribution in [2.75, 3.05) is 13.2 Å². The lowest BCUT2D eigenvalue weighted by atomic mass is 9.90. The van der Waals surface area contributed by atoms with Gasteiger partial charge in [0.25, 0.3) is 0 Å². The third-order valence-corrected chi connectivity index (χ3v) is 4.29. The van der Waals surface area contributed by atoms with Crippen molar-refractivity contribution in [3.8, 4) is 11.5 Å². The van der Waals surface area contributed by atoms with Gasteiger partial charge in [-0.25, -0.2) is 4.79 Å². The maximum atomic E-state index is 11.7. The van der Waals surface area contributed by atoms with E-state index in [2.05, 4.69) is 5.32 Å². The molecule has 0 aromatic heterocycles. The normalized spacial score (nSPS) is 16.0. The van der Waals surface area contributed by atoms with Crippen molar-refractivity contribution in [1.29, 1.82) is 0 Å². The molecule has 2 rings (SSSR count). The predicted molar refractivity (Wildman–Crippen MR) is 110 cm³/mol. The second-order valence-electron chi connectivity index (χ2n) is 8.10. The lowest BCUT2D eigenvalue weighted by molar-refractivity contribution is 0.0505. The van der Waals surface area contributed by atoms with Gasteiger partial charge < -0.3 is 19.5 Å². The molecule has 1 saturated carbocycles. The molecule has 1 aromatic rings. The molecule has 1 N–H and O–H groups in total. The fourth-order valence-electron chi connectivity index (χ4n) is 3.02. The minimum atomic E-state index is -0.502. The average molecular weight is 400 g/mol. The minimum Gasteiger partial charge on any atom is -0.493 e. The first kappa shape index (κ1) is 23.4. The SMILES string of the molecule is C[C@H](CNC(=O)OC(C)(C)C)Oc1cccc(OCC2CCCCC2)c1.Cl. The molecule has 0 spiro atoms. The molecular weight excluding hydrogens is 366 g/mol. The first-order valence-corrected chi connectivity index (χ1v) is 9.68. The van der Waals surface area contributed by atoms with Gasteiger partial charge in [-0.15, -0.1) is 12.4 Å². The Hall–Kier alpha value is -1.62. The largest absolute Gasteiger partial charge is 0.493 e. The fourth-order valence-corrected chi connectivity index (χ4v) is 3.02. The van der Waals surface area contributed by atoms with Crippen LogP contribution in [0.15, 0.2) is 24.3 Å². The summed E-state index contributed by atoms with van der Waals surface area (Å²) in [6.07, 6.45) is 5.93. The molecule has 0 bridgehead atoms. The summed E-state index contributed by atoms with van der Waals surface area (Å²) < 4.78 is 17.0. The highest BCUT2D eigenvalue weighted by Gasteiger charge is 2.17. The zero-order chi connectivity index (χ0) is 19.0. The Morgan fingerprint density at radius 3 is 2.52 bits per heavy atom. The number of rotatable bonds is 7. The second kappa shape index (κ2) is 11.3. The van der Waals surface area contributed by atoms with Gasteiger partial charge >= 0.3 is 6.09 Å².